The van der Waals surface area contributed by atoms with Crippen LogP contribution in [0.4, 0.5) is 5.13 Å². The van der Waals surface area contributed by atoms with E-state index in [1.54, 1.807) is 6.07 Å². The van der Waals surface area contributed by atoms with Crippen LogP contribution >= 0.6 is 11.3 Å². The summed E-state index contributed by atoms with van der Waals surface area (Å²) < 4.78 is 1.47. The number of para-hydroxylation sites is 1. The van der Waals surface area contributed by atoms with Crippen LogP contribution in [0.15, 0.2) is 29.3 Å². The number of aromatic nitrogens is 4. The van der Waals surface area contributed by atoms with Gasteiger partial charge in [-0.1, -0.05) is 37.3 Å². The number of carbonyl (C=O) groups is 1. The number of hydrogen-bond acceptors (Lipinski definition) is 6. The van der Waals surface area contributed by atoms with Crippen LogP contribution in [0.25, 0.3) is 10.9 Å². The number of nitrogens with one attached hydrogen (secondary N) is 1. The van der Waals surface area contributed by atoms with Gasteiger partial charge in [0.1, 0.15) is 5.01 Å². The minimum atomic E-state index is -0.196. The SMILES string of the molecule is CCC(CC)c1nnc(NC(=O)CCn2cnc3c(C)cccc3c2=O)s1. The van der Waals surface area contributed by atoms with E-state index in [4.69, 9.17) is 0 Å². The molecule has 7 nitrogen and oxygen atoms in total. The van der Waals surface area contributed by atoms with Gasteiger partial charge in [-0.05, 0) is 31.4 Å². The average Bonchev–Trinajstić information content (AvgIpc) is 3.11. The van der Waals surface area contributed by atoms with Crippen molar-refractivity contribution in [3.8, 4) is 0 Å². The van der Waals surface area contributed by atoms with Crippen molar-refractivity contribution in [1.82, 2.24) is 19.7 Å². The van der Waals surface area contributed by atoms with Crippen molar-refractivity contribution in [2.24, 2.45) is 0 Å². The molecule has 0 unspecified atom stereocenters. The van der Waals surface area contributed by atoms with Crippen molar-refractivity contribution in [2.45, 2.75) is 52.5 Å². The average molecular weight is 385 g/mol. The molecule has 27 heavy (non-hydrogen) atoms. The van der Waals surface area contributed by atoms with E-state index in [-0.39, 0.29) is 24.4 Å². The Kier molecular flexibility index (Phi) is 5.95. The molecule has 1 aromatic carbocycles. The second-order valence-electron chi connectivity index (χ2n) is 6.47. The summed E-state index contributed by atoms with van der Waals surface area (Å²) in [5.74, 6) is 0.178. The zero-order valence-corrected chi connectivity index (χ0v) is 16.5. The number of benzene rings is 1. The van der Waals surface area contributed by atoms with Crippen LogP contribution < -0.4 is 10.9 Å². The molecule has 1 amide bonds. The first-order valence-corrected chi connectivity index (χ1v) is 9.93. The Morgan fingerprint density at radius 3 is 2.78 bits per heavy atom. The summed E-state index contributed by atoms with van der Waals surface area (Å²) in [5, 5.41) is 13.0. The lowest BCUT2D eigenvalue weighted by atomic mass is 10.1. The number of fused-ring (bicyclic) bond motifs is 1. The minimum absolute atomic E-state index is 0.136. The van der Waals surface area contributed by atoms with Gasteiger partial charge >= 0.3 is 0 Å². The maximum absolute atomic E-state index is 12.6. The van der Waals surface area contributed by atoms with Gasteiger partial charge in [0, 0.05) is 18.9 Å². The largest absolute Gasteiger partial charge is 0.300 e. The Bertz CT molecular complexity index is 1010. The third-order valence-corrected chi connectivity index (χ3v) is 5.66. The molecule has 3 rings (SSSR count). The van der Waals surface area contributed by atoms with E-state index in [0.717, 1.165) is 23.4 Å². The normalized spacial score (nSPS) is 11.3. The van der Waals surface area contributed by atoms with Crippen LogP contribution in [0.2, 0.25) is 0 Å². The van der Waals surface area contributed by atoms with E-state index in [0.29, 0.717) is 22.0 Å². The zero-order valence-electron chi connectivity index (χ0n) is 15.7. The molecule has 1 N–H and O–H groups in total. The first kappa shape index (κ1) is 19.2. The number of amides is 1. The first-order chi connectivity index (χ1) is 13.0. The Morgan fingerprint density at radius 1 is 1.26 bits per heavy atom. The van der Waals surface area contributed by atoms with Gasteiger partial charge in [-0.3, -0.25) is 14.2 Å². The molecule has 0 atom stereocenters. The third kappa shape index (κ3) is 4.21. The second kappa shape index (κ2) is 8.39. The van der Waals surface area contributed by atoms with E-state index < -0.39 is 0 Å². The van der Waals surface area contributed by atoms with Crippen LogP contribution in [-0.2, 0) is 11.3 Å². The highest BCUT2D eigenvalue weighted by Crippen LogP contribution is 2.28. The lowest BCUT2D eigenvalue weighted by Gasteiger charge is -2.07. The summed E-state index contributed by atoms with van der Waals surface area (Å²) in [5.41, 5.74) is 1.52. The first-order valence-electron chi connectivity index (χ1n) is 9.11. The van der Waals surface area contributed by atoms with Crippen molar-refractivity contribution in [3.05, 3.63) is 45.5 Å². The summed E-state index contributed by atoms with van der Waals surface area (Å²) in [7, 11) is 0. The monoisotopic (exact) mass is 385 g/mol. The van der Waals surface area contributed by atoms with Crippen LogP contribution in [0.5, 0.6) is 0 Å². The molecule has 0 radical (unpaired) electrons. The van der Waals surface area contributed by atoms with Crippen LogP contribution in [0.3, 0.4) is 0 Å². The smallest absolute Gasteiger partial charge is 0.261 e. The Balaban J connectivity index is 1.65. The van der Waals surface area contributed by atoms with Crippen LogP contribution in [0, 0.1) is 6.92 Å². The molecular weight excluding hydrogens is 362 g/mol. The molecular formula is C19H23N5O2S. The van der Waals surface area contributed by atoms with Crippen molar-refractivity contribution in [2.75, 3.05) is 5.32 Å². The van der Waals surface area contributed by atoms with E-state index in [1.165, 1.54) is 22.2 Å². The maximum atomic E-state index is 12.6. The predicted octanol–water partition coefficient (Wildman–Crippen LogP) is 3.49. The Morgan fingerprint density at radius 2 is 2.04 bits per heavy atom. The standard InChI is InChI=1S/C19H23N5O2S/c1-4-13(5-2)17-22-23-19(27-17)21-15(25)9-10-24-11-20-16-12(3)7-6-8-14(16)18(24)26/h6-8,11,13H,4-5,9-10H2,1-3H3,(H,21,23,25). The van der Waals surface area contributed by atoms with Gasteiger partial charge in [-0.25, -0.2) is 4.98 Å². The van der Waals surface area contributed by atoms with Crippen molar-refractivity contribution < 1.29 is 4.79 Å². The highest BCUT2D eigenvalue weighted by Gasteiger charge is 2.15. The number of hydrogen-bond donors (Lipinski definition) is 1. The fraction of sp³-hybridized carbons (Fsp3) is 0.421. The molecule has 0 aliphatic rings. The van der Waals surface area contributed by atoms with Crippen molar-refractivity contribution in [1.29, 1.82) is 0 Å². The summed E-state index contributed by atoms with van der Waals surface area (Å²) in [6.45, 7) is 6.42. The minimum Gasteiger partial charge on any atom is -0.300 e. The van der Waals surface area contributed by atoms with Gasteiger partial charge in [0.25, 0.3) is 5.56 Å². The molecule has 0 spiro atoms. The molecule has 0 saturated heterocycles. The molecule has 0 aliphatic heterocycles. The zero-order chi connectivity index (χ0) is 19.4. The molecule has 0 saturated carbocycles. The molecule has 2 aromatic heterocycles. The number of nitrogens with zero attached hydrogens (tertiary/aromatic N) is 4. The van der Waals surface area contributed by atoms with E-state index in [1.807, 2.05) is 19.1 Å². The van der Waals surface area contributed by atoms with Gasteiger partial charge in [0.2, 0.25) is 11.0 Å². The molecule has 8 heteroatoms. The highest BCUT2D eigenvalue weighted by molar-refractivity contribution is 7.15. The number of carbonyl (C=O) groups excluding carboxylic acids is 1. The molecule has 0 bridgehead atoms. The summed E-state index contributed by atoms with van der Waals surface area (Å²) in [6, 6.07) is 5.52. The molecule has 0 fully saturated rings. The van der Waals surface area contributed by atoms with Gasteiger partial charge in [0.15, 0.2) is 0 Å². The maximum Gasteiger partial charge on any atom is 0.261 e. The van der Waals surface area contributed by atoms with Crippen molar-refractivity contribution >= 4 is 33.3 Å². The second-order valence-corrected chi connectivity index (χ2v) is 7.48. The Hall–Kier alpha value is -2.61. The number of rotatable bonds is 7. The third-order valence-electron chi connectivity index (χ3n) is 4.66. The molecule has 3 aromatic rings. The fourth-order valence-corrected chi connectivity index (χ4v) is 4.01. The summed E-state index contributed by atoms with van der Waals surface area (Å²) in [4.78, 5) is 29.1. The van der Waals surface area contributed by atoms with E-state index in [9.17, 15) is 9.59 Å². The van der Waals surface area contributed by atoms with Crippen LogP contribution in [-0.4, -0.2) is 25.7 Å². The van der Waals surface area contributed by atoms with Gasteiger partial charge in [-0.2, -0.15) is 0 Å². The van der Waals surface area contributed by atoms with Gasteiger partial charge in [-0.15, -0.1) is 10.2 Å². The van der Waals surface area contributed by atoms with E-state index >= 15 is 0 Å². The Labute approximate surface area is 161 Å². The number of aryl methyl sites for hydroxylation is 2. The van der Waals surface area contributed by atoms with Gasteiger partial charge < -0.3 is 5.32 Å². The highest BCUT2D eigenvalue weighted by atomic mass is 32.1. The molecule has 2 heterocycles. The summed E-state index contributed by atoms with van der Waals surface area (Å²) in [6.07, 6.45) is 3.66. The van der Waals surface area contributed by atoms with Crippen LogP contribution in [0.1, 0.15) is 49.6 Å². The van der Waals surface area contributed by atoms with Crippen molar-refractivity contribution in [3.63, 3.8) is 0 Å². The van der Waals surface area contributed by atoms with Gasteiger partial charge in [0.05, 0.1) is 17.2 Å². The quantitative estimate of drug-likeness (QED) is 0.672. The fourth-order valence-electron chi connectivity index (χ4n) is 2.99. The molecule has 142 valence electrons. The predicted molar refractivity (Wildman–Crippen MR) is 107 cm³/mol. The lowest BCUT2D eigenvalue weighted by molar-refractivity contribution is -0.116. The number of anilines is 1. The summed E-state index contributed by atoms with van der Waals surface area (Å²) >= 11 is 1.41. The lowest BCUT2D eigenvalue weighted by Crippen LogP contribution is -2.23. The van der Waals surface area contributed by atoms with E-state index in [2.05, 4.69) is 34.3 Å². The topological polar surface area (TPSA) is 89.8 Å². The molecule has 0 aliphatic carbocycles.